The maximum absolute atomic E-state index is 11.6. The molecular weight excluding hydrogens is 322 g/mol. The standard InChI is InChI=1S/C18H15N3O4/c22-18(23)15-9-13-12-6-1-2-7-14(12)19-17(13)16(20-15)10-4-3-5-11(8-10)21(24)25/h1-8,15-16,19-20H,9H2,(H,22,23)/t15-,16-/m1/s1. The van der Waals surface area contributed by atoms with Crippen molar-refractivity contribution in [3.63, 3.8) is 0 Å². The Morgan fingerprint density at radius 2 is 2.00 bits per heavy atom. The van der Waals surface area contributed by atoms with Crippen LogP contribution in [0, 0.1) is 10.1 Å². The van der Waals surface area contributed by atoms with Crippen molar-refractivity contribution in [3.8, 4) is 0 Å². The van der Waals surface area contributed by atoms with E-state index in [2.05, 4.69) is 10.3 Å². The van der Waals surface area contributed by atoms with Crippen LogP contribution in [-0.4, -0.2) is 27.0 Å². The molecule has 1 aromatic heterocycles. The van der Waals surface area contributed by atoms with E-state index >= 15 is 0 Å². The van der Waals surface area contributed by atoms with E-state index in [0.29, 0.717) is 12.0 Å². The van der Waals surface area contributed by atoms with E-state index in [1.165, 1.54) is 12.1 Å². The molecule has 2 aromatic carbocycles. The summed E-state index contributed by atoms with van der Waals surface area (Å²) in [4.78, 5) is 25.6. The van der Waals surface area contributed by atoms with Crippen molar-refractivity contribution in [2.75, 3.05) is 0 Å². The molecule has 126 valence electrons. The highest BCUT2D eigenvalue weighted by atomic mass is 16.6. The van der Waals surface area contributed by atoms with Crippen LogP contribution in [0.5, 0.6) is 0 Å². The summed E-state index contributed by atoms with van der Waals surface area (Å²) in [6, 6.07) is 12.8. The number of aromatic nitrogens is 1. The van der Waals surface area contributed by atoms with E-state index in [0.717, 1.165) is 22.2 Å². The number of aliphatic carboxylic acids is 1. The Morgan fingerprint density at radius 1 is 1.20 bits per heavy atom. The zero-order chi connectivity index (χ0) is 17.6. The lowest BCUT2D eigenvalue weighted by Crippen LogP contribution is -2.44. The minimum Gasteiger partial charge on any atom is -0.480 e. The maximum Gasteiger partial charge on any atom is 0.321 e. The fourth-order valence-corrected chi connectivity index (χ4v) is 3.47. The zero-order valence-corrected chi connectivity index (χ0v) is 13.1. The summed E-state index contributed by atoms with van der Waals surface area (Å²) < 4.78 is 0. The fourth-order valence-electron chi connectivity index (χ4n) is 3.47. The van der Waals surface area contributed by atoms with Crippen molar-refractivity contribution in [2.24, 2.45) is 0 Å². The summed E-state index contributed by atoms with van der Waals surface area (Å²) in [6.45, 7) is 0. The van der Waals surface area contributed by atoms with Gasteiger partial charge < -0.3 is 10.1 Å². The lowest BCUT2D eigenvalue weighted by molar-refractivity contribution is -0.384. The molecule has 0 saturated heterocycles. The summed E-state index contributed by atoms with van der Waals surface area (Å²) in [7, 11) is 0. The molecule has 0 bridgehead atoms. The van der Waals surface area contributed by atoms with Gasteiger partial charge in [0.2, 0.25) is 0 Å². The number of non-ortho nitro benzene ring substituents is 1. The smallest absolute Gasteiger partial charge is 0.321 e. The van der Waals surface area contributed by atoms with Gasteiger partial charge in [-0.05, 0) is 17.2 Å². The van der Waals surface area contributed by atoms with Gasteiger partial charge in [0, 0.05) is 35.2 Å². The first-order valence-electron chi connectivity index (χ1n) is 7.87. The highest BCUT2D eigenvalue weighted by Crippen LogP contribution is 2.35. The maximum atomic E-state index is 11.6. The number of H-pyrrole nitrogens is 1. The van der Waals surface area contributed by atoms with Gasteiger partial charge in [-0.25, -0.2) is 0 Å². The lowest BCUT2D eigenvalue weighted by atomic mass is 9.90. The number of aromatic amines is 1. The fraction of sp³-hybridized carbons (Fsp3) is 0.167. The first-order valence-corrected chi connectivity index (χ1v) is 7.87. The molecule has 0 fully saturated rings. The van der Waals surface area contributed by atoms with Gasteiger partial charge in [-0.1, -0.05) is 30.3 Å². The molecule has 0 unspecified atom stereocenters. The molecule has 0 radical (unpaired) electrons. The Labute approximate surface area is 142 Å². The van der Waals surface area contributed by atoms with Gasteiger partial charge in [0.05, 0.1) is 11.0 Å². The summed E-state index contributed by atoms with van der Waals surface area (Å²) >= 11 is 0. The monoisotopic (exact) mass is 337 g/mol. The molecule has 3 N–H and O–H groups in total. The van der Waals surface area contributed by atoms with Crippen molar-refractivity contribution in [2.45, 2.75) is 18.5 Å². The van der Waals surface area contributed by atoms with E-state index in [1.807, 2.05) is 24.3 Å². The highest BCUT2D eigenvalue weighted by molar-refractivity contribution is 5.87. The van der Waals surface area contributed by atoms with Crippen molar-refractivity contribution >= 4 is 22.6 Å². The van der Waals surface area contributed by atoms with Gasteiger partial charge >= 0.3 is 5.97 Å². The van der Waals surface area contributed by atoms with E-state index in [4.69, 9.17) is 0 Å². The third kappa shape index (κ3) is 2.54. The topological polar surface area (TPSA) is 108 Å². The van der Waals surface area contributed by atoms with E-state index in [9.17, 15) is 20.0 Å². The first-order chi connectivity index (χ1) is 12.0. The van der Waals surface area contributed by atoms with Crippen LogP contribution >= 0.6 is 0 Å². The normalized spacial score (nSPS) is 19.5. The third-order valence-corrected chi connectivity index (χ3v) is 4.62. The van der Waals surface area contributed by atoms with Crippen LogP contribution in [0.3, 0.4) is 0 Å². The number of nitro benzene ring substituents is 1. The van der Waals surface area contributed by atoms with Crippen LogP contribution in [0.15, 0.2) is 48.5 Å². The van der Waals surface area contributed by atoms with Crippen LogP contribution in [-0.2, 0) is 11.2 Å². The second-order valence-corrected chi connectivity index (χ2v) is 6.11. The van der Waals surface area contributed by atoms with Gasteiger partial charge in [-0.2, -0.15) is 0 Å². The van der Waals surface area contributed by atoms with Crippen molar-refractivity contribution in [3.05, 3.63) is 75.5 Å². The summed E-state index contributed by atoms with van der Waals surface area (Å²) in [6.07, 6.45) is 0.361. The van der Waals surface area contributed by atoms with Crippen LogP contribution in [0.25, 0.3) is 10.9 Å². The van der Waals surface area contributed by atoms with Crippen molar-refractivity contribution in [1.29, 1.82) is 0 Å². The van der Waals surface area contributed by atoms with Gasteiger partial charge in [0.1, 0.15) is 6.04 Å². The largest absolute Gasteiger partial charge is 0.480 e. The number of rotatable bonds is 3. The van der Waals surface area contributed by atoms with Crippen molar-refractivity contribution < 1.29 is 14.8 Å². The summed E-state index contributed by atoms with van der Waals surface area (Å²) in [5.41, 5.74) is 3.37. The Balaban J connectivity index is 1.89. The number of benzene rings is 2. The molecule has 0 spiro atoms. The van der Waals surface area contributed by atoms with Gasteiger partial charge in [0.25, 0.3) is 5.69 Å². The Kier molecular flexibility index (Phi) is 3.51. The predicted octanol–water partition coefficient (Wildman–Crippen LogP) is 2.76. The van der Waals surface area contributed by atoms with E-state index in [-0.39, 0.29) is 5.69 Å². The van der Waals surface area contributed by atoms with E-state index in [1.54, 1.807) is 12.1 Å². The molecule has 1 aliphatic rings. The minimum atomic E-state index is -0.939. The number of carboxylic acids is 1. The Hall–Kier alpha value is -3.19. The number of fused-ring (bicyclic) bond motifs is 3. The van der Waals surface area contributed by atoms with Crippen LogP contribution in [0.1, 0.15) is 22.9 Å². The molecule has 2 heterocycles. The third-order valence-electron chi connectivity index (χ3n) is 4.62. The molecule has 7 nitrogen and oxygen atoms in total. The molecule has 2 atom stereocenters. The number of nitrogens with zero attached hydrogens (tertiary/aromatic N) is 1. The quantitative estimate of drug-likeness (QED) is 0.503. The molecule has 4 rings (SSSR count). The molecule has 7 heteroatoms. The number of carboxylic acid groups (broad SMARTS) is 1. The molecule has 3 aromatic rings. The number of hydrogen-bond donors (Lipinski definition) is 3. The number of carbonyl (C=O) groups is 1. The second kappa shape index (κ2) is 5.71. The van der Waals surface area contributed by atoms with Gasteiger partial charge in [-0.15, -0.1) is 0 Å². The number of para-hydroxylation sites is 1. The molecule has 25 heavy (non-hydrogen) atoms. The summed E-state index contributed by atoms with van der Waals surface area (Å²) in [5, 5.41) is 24.7. The number of nitrogens with one attached hydrogen (secondary N) is 2. The average Bonchev–Trinajstić information content (AvgIpc) is 2.99. The van der Waals surface area contributed by atoms with Crippen LogP contribution in [0.4, 0.5) is 5.69 Å². The molecular formula is C18H15N3O4. The molecule has 0 saturated carbocycles. The summed E-state index contributed by atoms with van der Waals surface area (Å²) in [5.74, 6) is -0.939. The number of hydrogen-bond acceptors (Lipinski definition) is 4. The zero-order valence-electron chi connectivity index (χ0n) is 13.1. The number of nitro groups is 1. The molecule has 0 aliphatic carbocycles. The van der Waals surface area contributed by atoms with Crippen LogP contribution in [0.2, 0.25) is 0 Å². The van der Waals surface area contributed by atoms with Gasteiger partial charge in [0.15, 0.2) is 0 Å². The molecule has 0 amide bonds. The van der Waals surface area contributed by atoms with Crippen molar-refractivity contribution in [1.82, 2.24) is 10.3 Å². The van der Waals surface area contributed by atoms with Gasteiger partial charge in [-0.3, -0.25) is 20.2 Å². The Morgan fingerprint density at radius 3 is 2.76 bits per heavy atom. The SMILES string of the molecule is O=C(O)[C@H]1Cc2c([nH]c3ccccc23)[C@@H](c2cccc([N+](=O)[O-])c2)N1. The second-order valence-electron chi connectivity index (χ2n) is 6.11. The highest BCUT2D eigenvalue weighted by Gasteiger charge is 2.34. The predicted molar refractivity (Wildman–Crippen MR) is 91.5 cm³/mol. The lowest BCUT2D eigenvalue weighted by Gasteiger charge is -2.29. The molecule has 1 aliphatic heterocycles. The van der Waals surface area contributed by atoms with Crippen LogP contribution < -0.4 is 5.32 Å². The first kappa shape index (κ1) is 15.3. The van der Waals surface area contributed by atoms with E-state index < -0.39 is 23.0 Å². The minimum absolute atomic E-state index is 0.0191. The average molecular weight is 337 g/mol. The Bertz CT molecular complexity index is 995.